The molecule has 41 heavy (non-hydrogen) atoms. The van der Waals surface area contributed by atoms with Gasteiger partial charge in [0.15, 0.2) is 11.4 Å². The van der Waals surface area contributed by atoms with E-state index in [1.807, 2.05) is 6.92 Å². The number of Topliss-reactive ketones (excluding diaryl/α,β-unsaturated/α-hetero) is 2. The fourth-order valence-electron chi connectivity index (χ4n) is 7.31. The van der Waals surface area contributed by atoms with Crippen molar-refractivity contribution in [1.29, 1.82) is 0 Å². The van der Waals surface area contributed by atoms with Gasteiger partial charge in [-0.3, -0.25) is 19.3 Å². The summed E-state index contributed by atoms with van der Waals surface area (Å²) in [6.45, 7) is 2.59. The van der Waals surface area contributed by atoms with Crippen molar-refractivity contribution in [2.24, 2.45) is 17.6 Å². The Morgan fingerprint density at radius 3 is 2.49 bits per heavy atom. The maximum absolute atomic E-state index is 14.6. The van der Waals surface area contributed by atoms with Crippen molar-refractivity contribution in [1.82, 2.24) is 10.2 Å². The number of amides is 1. The standard InChI is InChI=1S/C28H32F3N3O7/c1-3-7-34(2)21-14-9-11-8-13-18(16(35)10-12(15-5-4-6-33-15)20(13)28(29,30)31)22(36)17(11)24(38)27(14,41)25(39)19(23(21)37)26(32)40/h10-11,14-15,21,33,35-36,39,41H,3-9H2,1-2H3,(H2,32,40)/t11-,14-,15?,21-,27-/m0/s1. The second kappa shape index (κ2) is 9.85. The average molecular weight is 580 g/mol. The lowest BCUT2D eigenvalue weighted by Gasteiger charge is -2.50. The van der Waals surface area contributed by atoms with E-state index in [1.54, 1.807) is 0 Å². The summed E-state index contributed by atoms with van der Waals surface area (Å²) in [7, 11) is 1.53. The fourth-order valence-corrected chi connectivity index (χ4v) is 7.31. The van der Waals surface area contributed by atoms with Crippen molar-refractivity contribution in [3.63, 3.8) is 0 Å². The van der Waals surface area contributed by atoms with Crippen LogP contribution in [0.15, 0.2) is 23.0 Å². The third kappa shape index (κ3) is 4.16. The molecule has 222 valence electrons. The van der Waals surface area contributed by atoms with E-state index >= 15 is 0 Å². The molecule has 13 heteroatoms. The molecule has 0 aromatic heterocycles. The monoisotopic (exact) mass is 579 g/mol. The van der Waals surface area contributed by atoms with Gasteiger partial charge in [-0.15, -0.1) is 0 Å². The Bertz CT molecular complexity index is 1410. The third-order valence-corrected chi connectivity index (χ3v) is 8.97. The van der Waals surface area contributed by atoms with Gasteiger partial charge in [0.05, 0.1) is 17.2 Å². The highest BCUT2D eigenvalue weighted by Crippen LogP contribution is 2.55. The first-order valence-electron chi connectivity index (χ1n) is 13.5. The van der Waals surface area contributed by atoms with Crippen molar-refractivity contribution in [3.8, 4) is 5.75 Å². The topological polar surface area (TPSA) is 173 Å². The van der Waals surface area contributed by atoms with Crippen LogP contribution >= 0.6 is 0 Å². The molecule has 1 saturated heterocycles. The van der Waals surface area contributed by atoms with Gasteiger partial charge >= 0.3 is 6.18 Å². The number of aliphatic hydroxyl groups excluding tert-OH is 2. The number of hydrogen-bond acceptors (Lipinski definition) is 9. The molecule has 1 aliphatic heterocycles. The van der Waals surface area contributed by atoms with Gasteiger partial charge in [-0.1, -0.05) is 6.92 Å². The van der Waals surface area contributed by atoms with Gasteiger partial charge in [-0.2, -0.15) is 13.2 Å². The van der Waals surface area contributed by atoms with Crippen LogP contribution in [0.4, 0.5) is 13.2 Å². The van der Waals surface area contributed by atoms with Crippen LogP contribution in [0.1, 0.15) is 60.9 Å². The highest BCUT2D eigenvalue weighted by Gasteiger charge is 2.64. The number of rotatable bonds is 5. The Hall–Kier alpha value is -3.42. The molecule has 0 radical (unpaired) electrons. The lowest BCUT2D eigenvalue weighted by Crippen LogP contribution is -2.66. The summed E-state index contributed by atoms with van der Waals surface area (Å²) in [4.78, 5) is 41.1. The average Bonchev–Trinajstić information content (AvgIpc) is 3.40. The normalized spacial score (nSPS) is 30.0. The molecule has 1 saturated carbocycles. The number of carbonyl (C=O) groups is 3. The second-order valence-electron chi connectivity index (χ2n) is 11.3. The van der Waals surface area contributed by atoms with Crippen LogP contribution in [0.5, 0.6) is 5.75 Å². The number of halogens is 3. The lowest BCUT2D eigenvalue weighted by molar-refractivity contribution is -0.154. The summed E-state index contributed by atoms with van der Waals surface area (Å²) in [5.74, 6) is -8.88. The van der Waals surface area contributed by atoms with Crippen LogP contribution in [-0.2, 0) is 27.0 Å². The van der Waals surface area contributed by atoms with E-state index in [4.69, 9.17) is 5.73 Å². The van der Waals surface area contributed by atoms with E-state index in [-0.39, 0.29) is 24.1 Å². The van der Waals surface area contributed by atoms with Gasteiger partial charge < -0.3 is 31.5 Å². The maximum Gasteiger partial charge on any atom is 0.417 e. The Kier molecular flexibility index (Phi) is 6.98. The summed E-state index contributed by atoms with van der Waals surface area (Å²) < 4.78 is 43.8. The van der Waals surface area contributed by atoms with E-state index in [2.05, 4.69) is 5.32 Å². The Labute approximate surface area is 233 Å². The molecule has 3 aliphatic carbocycles. The van der Waals surface area contributed by atoms with Gasteiger partial charge in [0.2, 0.25) is 5.78 Å². The van der Waals surface area contributed by atoms with Gasteiger partial charge in [-0.05, 0) is 75.4 Å². The first-order valence-corrected chi connectivity index (χ1v) is 13.5. The number of primary amides is 1. The Morgan fingerprint density at radius 1 is 1.24 bits per heavy atom. The van der Waals surface area contributed by atoms with E-state index < -0.39 is 99.1 Å². The maximum atomic E-state index is 14.6. The number of phenols is 1. The molecular weight excluding hydrogens is 547 g/mol. The van der Waals surface area contributed by atoms with Gasteiger partial charge in [0.25, 0.3) is 5.91 Å². The molecule has 4 aliphatic rings. The minimum absolute atomic E-state index is 0.166. The Balaban J connectivity index is 1.75. The molecule has 1 aromatic carbocycles. The number of nitrogens with zero attached hydrogens (tertiary/aromatic N) is 1. The van der Waals surface area contributed by atoms with Gasteiger partial charge in [0, 0.05) is 17.5 Å². The molecule has 10 nitrogen and oxygen atoms in total. The number of nitrogens with two attached hydrogens (primary N) is 1. The number of fused-ring (bicyclic) bond motifs is 3. The van der Waals surface area contributed by atoms with E-state index in [0.29, 0.717) is 25.8 Å². The number of aromatic hydroxyl groups is 1. The largest absolute Gasteiger partial charge is 0.508 e. The summed E-state index contributed by atoms with van der Waals surface area (Å²) in [6, 6.07) is -1.05. The molecule has 0 spiro atoms. The van der Waals surface area contributed by atoms with Crippen molar-refractivity contribution in [2.75, 3.05) is 20.1 Å². The predicted molar refractivity (Wildman–Crippen MR) is 138 cm³/mol. The van der Waals surface area contributed by atoms with Crippen molar-refractivity contribution in [3.05, 3.63) is 45.2 Å². The zero-order chi connectivity index (χ0) is 30.2. The van der Waals surface area contributed by atoms with E-state index in [1.165, 1.54) is 11.9 Å². The van der Waals surface area contributed by atoms with Crippen LogP contribution in [0, 0.1) is 11.8 Å². The number of alkyl halides is 3. The van der Waals surface area contributed by atoms with Crippen LogP contribution in [0.25, 0.3) is 5.76 Å². The second-order valence-corrected chi connectivity index (χ2v) is 11.3. The fraction of sp³-hybridized carbons (Fsp3) is 0.536. The summed E-state index contributed by atoms with van der Waals surface area (Å²) >= 11 is 0. The SMILES string of the molecule is CCCN(C)[C@@H]1C(=O)C(C(N)=O)=C(O)[C@@]2(O)C(=O)C3=C(O)c4c(O)cc(C5CCCN5)c(C(F)(F)F)c4C[C@H]3C[C@@H]12. The smallest absolute Gasteiger partial charge is 0.417 e. The Morgan fingerprint density at radius 2 is 1.93 bits per heavy atom. The number of aliphatic hydroxyl groups is 3. The van der Waals surface area contributed by atoms with Crippen LogP contribution in [-0.4, -0.2) is 74.6 Å². The number of benzene rings is 1. The number of carbonyl (C=O) groups excluding carboxylic acids is 3. The van der Waals surface area contributed by atoms with Gasteiger partial charge in [0.1, 0.15) is 22.8 Å². The number of ketones is 2. The van der Waals surface area contributed by atoms with Crippen molar-refractivity contribution >= 4 is 23.2 Å². The number of nitrogens with one attached hydrogen (secondary N) is 1. The van der Waals surface area contributed by atoms with E-state index in [9.17, 15) is 48.0 Å². The molecule has 1 unspecified atom stereocenters. The molecule has 1 heterocycles. The summed E-state index contributed by atoms with van der Waals surface area (Å²) in [6.07, 6.45) is -4.00. The molecule has 2 fully saturated rings. The predicted octanol–water partition coefficient (Wildman–Crippen LogP) is 2.19. The molecule has 5 atom stereocenters. The highest BCUT2D eigenvalue weighted by molar-refractivity contribution is 6.24. The first kappa shape index (κ1) is 29.1. The molecular formula is C28H32F3N3O7. The third-order valence-electron chi connectivity index (χ3n) is 8.97. The van der Waals surface area contributed by atoms with Gasteiger partial charge in [-0.25, -0.2) is 0 Å². The minimum atomic E-state index is -4.86. The molecule has 1 aromatic rings. The molecule has 1 amide bonds. The quantitative estimate of drug-likeness (QED) is 0.286. The minimum Gasteiger partial charge on any atom is -0.508 e. The highest BCUT2D eigenvalue weighted by atomic mass is 19.4. The molecule has 7 N–H and O–H groups in total. The molecule has 0 bridgehead atoms. The number of phenolic OH excluding ortho intramolecular Hbond substituents is 1. The molecule has 5 rings (SSSR count). The number of likely N-dealkylation sites (N-methyl/N-ethyl adjacent to an activating group) is 1. The summed E-state index contributed by atoms with van der Waals surface area (Å²) in [5, 5.41) is 47.9. The van der Waals surface area contributed by atoms with E-state index in [0.717, 1.165) is 6.07 Å². The first-order chi connectivity index (χ1) is 19.2. The van der Waals surface area contributed by atoms with Crippen molar-refractivity contribution in [2.45, 2.75) is 62.9 Å². The summed E-state index contributed by atoms with van der Waals surface area (Å²) in [5.41, 5.74) is -1.09. The van der Waals surface area contributed by atoms with Crippen LogP contribution < -0.4 is 11.1 Å². The van der Waals surface area contributed by atoms with Crippen LogP contribution in [0.2, 0.25) is 0 Å². The van der Waals surface area contributed by atoms with Crippen LogP contribution in [0.3, 0.4) is 0 Å². The number of hydrogen-bond donors (Lipinski definition) is 6. The van der Waals surface area contributed by atoms with Crippen molar-refractivity contribution < 1.29 is 48.0 Å². The zero-order valence-electron chi connectivity index (χ0n) is 22.5. The lowest BCUT2D eigenvalue weighted by atomic mass is 9.57. The zero-order valence-corrected chi connectivity index (χ0v) is 22.5.